The molecule has 10 heteroatoms. The smallest absolute Gasteiger partial charge is 0.277 e. The zero-order valence-electron chi connectivity index (χ0n) is 14.9. The number of fused-ring (bicyclic) bond motifs is 1. The number of aryl methyl sites for hydroxylation is 1. The van der Waals surface area contributed by atoms with Gasteiger partial charge in [0.2, 0.25) is 0 Å². The molecule has 0 saturated heterocycles. The van der Waals surface area contributed by atoms with Crippen LogP contribution in [0.25, 0.3) is 11.0 Å². The molecule has 1 aromatic carbocycles. The molecule has 0 radical (unpaired) electrons. The van der Waals surface area contributed by atoms with Crippen LogP contribution in [0.2, 0.25) is 5.15 Å². The third-order valence-electron chi connectivity index (χ3n) is 4.31. The number of para-hydroxylation sites is 1. The quantitative estimate of drug-likeness (QED) is 0.593. The van der Waals surface area contributed by atoms with Crippen LogP contribution in [-0.4, -0.2) is 40.3 Å². The molecule has 3 aromatic rings. The van der Waals surface area contributed by atoms with Crippen LogP contribution in [0.15, 0.2) is 34.1 Å². The Bertz CT molecular complexity index is 1100. The lowest BCUT2D eigenvalue weighted by Gasteiger charge is -2.19. The number of H-pyrrole nitrogens is 1. The van der Waals surface area contributed by atoms with E-state index in [1.165, 1.54) is 4.68 Å². The lowest BCUT2D eigenvalue weighted by Crippen LogP contribution is -2.29. The number of pyridine rings is 1. The number of aliphatic imine (C=N–C) groups is 1. The topological polar surface area (TPSA) is 99.6 Å². The average Bonchev–Trinajstić information content (AvgIpc) is 3.18. The molecule has 0 fully saturated rings. The van der Waals surface area contributed by atoms with Crippen molar-refractivity contribution in [3.8, 4) is 5.75 Å². The van der Waals surface area contributed by atoms with E-state index in [9.17, 15) is 4.79 Å². The minimum absolute atomic E-state index is 0.199. The molecule has 0 bridgehead atoms. The number of anilines is 2. The zero-order chi connectivity index (χ0) is 19.1. The lowest BCUT2D eigenvalue weighted by atomic mass is 10.1. The number of hydrogen-bond donors (Lipinski definition) is 3. The summed E-state index contributed by atoms with van der Waals surface area (Å²) in [7, 11) is 5.09. The van der Waals surface area contributed by atoms with Gasteiger partial charge >= 0.3 is 0 Å². The third kappa shape index (κ3) is 3.00. The zero-order valence-corrected chi connectivity index (χ0v) is 15.7. The Morgan fingerprint density at radius 2 is 2.11 bits per heavy atom. The van der Waals surface area contributed by atoms with Gasteiger partial charge in [-0.25, -0.2) is 15.4 Å². The molecule has 140 valence electrons. The van der Waals surface area contributed by atoms with Crippen LogP contribution >= 0.6 is 11.6 Å². The Labute approximate surface area is 159 Å². The molecule has 3 N–H and O–H groups in total. The van der Waals surface area contributed by atoms with Crippen LogP contribution in [0.1, 0.15) is 11.7 Å². The maximum Gasteiger partial charge on any atom is 0.277 e. The first-order valence-corrected chi connectivity index (χ1v) is 8.57. The Hall–Kier alpha value is -3.04. The van der Waals surface area contributed by atoms with Crippen LogP contribution in [0.3, 0.4) is 0 Å². The average molecular weight is 388 g/mol. The molecule has 2 aromatic heterocycles. The number of nitrogens with one attached hydrogen (secondary N) is 3. The molecule has 1 aliphatic heterocycles. The summed E-state index contributed by atoms with van der Waals surface area (Å²) in [5, 5.41) is 8.62. The molecular formula is C17H18ClN7O2. The van der Waals surface area contributed by atoms with Crippen LogP contribution in [0.5, 0.6) is 5.75 Å². The Kier molecular flexibility index (Phi) is 4.25. The summed E-state index contributed by atoms with van der Waals surface area (Å²) in [5.41, 5.74) is 5.51. The van der Waals surface area contributed by atoms with Gasteiger partial charge in [0.25, 0.3) is 5.56 Å². The fourth-order valence-electron chi connectivity index (χ4n) is 3.10. The monoisotopic (exact) mass is 387 g/mol. The molecule has 1 atom stereocenters. The fraction of sp³-hybridized carbons (Fsp3) is 0.235. The predicted molar refractivity (Wildman–Crippen MR) is 105 cm³/mol. The first-order chi connectivity index (χ1) is 13.0. The van der Waals surface area contributed by atoms with Gasteiger partial charge in [-0.3, -0.25) is 19.6 Å². The maximum atomic E-state index is 12.5. The van der Waals surface area contributed by atoms with Crippen LogP contribution in [0.4, 0.5) is 11.4 Å². The van der Waals surface area contributed by atoms with E-state index in [-0.39, 0.29) is 16.9 Å². The van der Waals surface area contributed by atoms with Gasteiger partial charge in [-0.1, -0.05) is 23.7 Å². The standard InChI is InChI=1S/C17H18ClN7O2/c1-24-8-19-15(22-24)9-5-4-6-10(14(9)27-3)20-11-7-12(18)21-16-13(11)17(26)25(2)23-16/h4-8,15,22H,1-3H3,(H2,20,21,23). The molecule has 1 unspecified atom stereocenters. The number of benzene rings is 1. The number of rotatable bonds is 4. The van der Waals surface area contributed by atoms with Crippen molar-refractivity contribution in [2.45, 2.75) is 6.17 Å². The highest BCUT2D eigenvalue weighted by Crippen LogP contribution is 2.37. The van der Waals surface area contributed by atoms with E-state index in [0.29, 0.717) is 28.2 Å². The van der Waals surface area contributed by atoms with Crippen LogP contribution in [-0.2, 0) is 7.05 Å². The van der Waals surface area contributed by atoms with Gasteiger partial charge in [-0.2, -0.15) is 0 Å². The van der Waals surface area contributed by atoms with E-state index in [4.69, 9.17) is 16.3 Å². The Balaban J connectivity index is 1.81. The van der Waals surface area contributed by atoms with Crippen molar-refractivity contribution in [2.24, 2.45) is 12.0 Å². The molecule has 0 saturated carbocycles. The van der Waals surface area contributed by atoms with Gasteiger partial charge in [-0.05, 0) is 12.1 Å². The number of nitrogens with zero attached hydrogens (tertiary/aromatic N) is 4. The van der Waals surface area contributed by atoms with Gasteiger partial charge in [0.05, 0.1) is 18.5 Å². The van der Waals surface area contributed by atoms with Crippen molar-refractivity contribution < 1.29 is 4.74 Å². The third-order valence-corrected chi connectivity index (χ3v) is 4.50. The normalized spacial score (nSPS) is 16.3. The molecule has 4 rings (SSSR count). The van der Waals surface area contributed by atoms with Crippen molar-refractivity contribution in [1.29, 1.82) is 0 Å². The van der Waals surface area contributed by atoms with Gasteiger partial charge < -0.3 is 10.1 Å². The summed E-state index contributed by atoms with van der Waals surface area (Å²) in [6, 6.07) is 7.31. The van der Waals surface area contributed by atoms with E-state index >= 15 is 0 Å². The van der Waals surface area contributed by atoms with E-state index in [1.807, 2.05) is 25.2 Å². The molecule has 9 nitrogen and oxygen atoms in total. The largest absolute Gasteiger partial charge is 0.494 e. The van der Waals surface area contributed by atoms with Gasteiger partial charge in [0.1, 0.15) is 28.8 Å². The van der Waals surface area contributed by atoms with Crippen molar-refractivity contribution in [1.82, 2.24) is 25.2 Å². The number of methoxy groups -OCH3 is 1. The van der Waals surface area contributed by atoms with E-state index in [0.717, 1.165) is 5.56 Å². The molecular weight excluding hydrogens is 370 g/mol. The van der Waals surface area contributed by atoms with E-state index in [1.54, 1.807) is 31.6 Å². The number of halogens is 1. The Morgan fingerprint density at radius 1 is 1.30 bits per heavy atom. The van der Waals surface area contributed by atoms with Crippen molar-refractivity contribution in [2.75, 3.05) is 19.5 Å². The second kappa shape index (κ2) is 6.60. The fourth-order valence-corrected chi connectivity index (χ4v) is 3.30. The van der Waals surface area contributed by atoms with Crippen LogP contribution < -0.4 is 21.0 Å². The number of aromatic nitrogens is 3. The predicted octanol–water partition coefficient (Wildman–Crippen LogP) is 2.14. The molecule has 0 aliphatic carbocycles. The molecule has 0 spiro atoms. The number of aromatic amines is 1. The number of hydrazine groups is 1. The highest BCUT2D eigenvalue weighted by molar-refractivity contribution is 6.30. The summed E-state index contributed by atoms with van der Waals surface area (Å²) < 4.78 is 7.00. The molecule has 27 heavy (non-hydrogen) atoms. The summed E-state index contributed by atoms with van der Waals surface area (Å²) in [5.74, 6) is 0.621. The molecule has 1 aliphatic rings. The van der Waals surface area contributed by atoms with Gasteiger partial charge in [0, 0.05) is 19.7 Å². The lowest BCUT2D eigenvalue weighted by molar-refractivity contribution is 0.346. The van der Waals surface area contributed by atoms with Crippen molar-refractivity contribution in [3.05, 3.63) is 45.3 Å². The second-order valence-electron chi connectivity index (χ2n) is 6.15. The molecule has 0 amide bonds. The van der Waals surface area contributed by atoms with Gasteiger partial charge in [-0.15, -0.1) is 0 Å². The van der Waals surface area contributed by atoms with Gasteiger partial charge in [0.15, 0.2) is 5.65 Å². The first-order valence-electron chi connectivity index (χ1n) is 8.19. The first kappa shape index (κ1) is 17.4. The highest BCUT2D eigenvalue weighted by atomic mass is 35.5. The van der Waals surface area contributed by atoms with Crippen LogP contribution in [0, 0.1) is 0 Å². The summed E-state index contributed by atoms with van der Waals surface area (Å²) in [6.45, 7) is 0. The number of hydrogen-bond acceptors (Lipinski definition) is 7. The Morgan fingerprint density at radius 3 is 2.81 bits per heavy atom. The molecule has 3 heterocycles. The maximum absolute atomic E-state index is 12.5. The van der Waals surface area contributed by atoms with E-state index < -0.39 is 0 Å². The van der Waals surface area contributed by atoms with Crippen molar-refractivity contribution >= 4 is 40.3 Å². The summed E-state index contributed by atoms with van der Waals surface area (Å²) >= 11 is 6.13. The summed E-state index contributed by atoms with van der Waals surface area (Å²) in [4.78, 5) is 21.1. The summed E-state index contributed by atoms with van der Waals surface area (Å²) in [6.07, 6.45) is 1.45. The highest BCUT2D eigenvalue weighted by Gasteiger charge is 2.22. The second-order valence-corrected chi connectivity index (χ2v) is 6.54. The number of ether oxygens (including phenoxy) is 1. The minimum atomic E-state index is -0.257. The SMILES string of the molecule is COc1c(Nc2cc(Cl)nc3[nH]n(C)c(=O)c23)cccc1C1N=CN(C)N1. The van der Waals surface area contributed by atoms with E-state index in [2.05, 4.69) is 25.8 Å². The minimum Gasteiger partial charge on any atom is -0.494 e. The van der Waals surface area contributed by atoms with Crippen molar-refractivity contribution in [3.63, 3.8) is 0 Å².